The van der Waals surface area contributed by atoms with Gasteiger partial charge in [-0.3, -0.25) is 4.68 Å². The maximum atomic E-state index is 5.72. The Morgan fingerprint density at radius 2 is 2.19 bits per heavy atom. The topological polar surface area (TPSA) is 78.9 Å². The van der Waals surface area contributed by atoms with Gasteiger partial charge in [-0.05, 0) is 19.1 Å². The molecule has 3 rings (SSSR count). The summed E-state index contributed by atoms with van der Waals surface area (Å²) in [5, 5.41) is 8.40. The van der Waals surface area contributed by atoms with Gasteiger partial charge in [-0.1, -0.05) is 16.8 Å². The van der Waals surface area contributed by atoms with Crippen molar-refractivity contribution in [3.63, 3.8) is 0 Å². The molecule has 108 valence electrons. The second-order valence-corrected chi connectivity index (χ2v) is 4.82. The third-order valence-corrected chi connectivity index (χ3v) is 2.99. The van der Waals surface area contributed by atoms with E-state index in [1.54, 1.807) is 23.0 Å². The van der Waals surface area contributed by atoms with Crippen molar-refractivity contribution in [2.45, 2.75) is 13.0 Å². The molecular weight excluding hydrogens is 294 g/mol. The lowest BCUT2D eigenvalue weighted by Gasteiger charge is -2.09. The molecule has 7 nitrogen and oxygen atoms in total. The van der Waals surface area contributed by atoms with Crippen LogP contribution < -0.4 is 4.74 Å². The van der Waals surface area contributed by atoms with Crippen LogP contribution in [0.5, 0.6) is 5.75 Å². The van der Waals surface area contributed by atoms with Crippen molar-refractivity contribution < 1.29 is 9.26 Å². The molecule has 8 heteroatoms. The van der Waals surface area contributed by atoms with Crippen LogP contribution in [0.2, 0.25) is 5.15 Å². The van der Waals surface area contributed by atoms with Crippen LogP contribution in [0.4, 0.5) is 0 Å². The first-order chi connectivity index (χ1) is 10.1. The standard InChI is InChI=1S/C13H12ClN5O2/c1-8(20-10-3-4-11(14)15-6-10)13-17-12(18-21-13)9-5-16-19(2)7-9/h3-8H,1-2H3/t8-/m0/s1. The van der Waals surface area contributed by atoms with Crippen molar-refractivity contribution >= 4 is 11.6 Å². The lowest BCUT2D eigenvalue weighted by molar-refractivity contribution is 0.175. The van der Waals surface area contributed by atoms with E-state index < -0.39 is 6.10 Å². The summed E-state index contributed by atoms with van der Waals surface area (Å²) in [6, 6.07) is 3.38. The fourth-order valence-electron chi connectivity index (χ4n) is 1.74. The van der Waals surface area contributed by atoms with Gasteiger partial charge in [0.2, 0.25) is 5.82 Å². The van der Waals surface area contributed by atoms with Gasteiger partial charge in [-0.2, -0.15) is 10.1 Å². The second-order valence-electron chi connectivity index (χ2n) is 4.44. The first kappa shape index (κ1) is 13.6. The second kappa shape index (κ2) is 5.53. The molecule has 0 aliphatic heterocycles. The Hall–Kier alpha value is -2.41. The quantitative estimate of drug-likeness (QED) is 0.689. The molecule has 0 bridgehead atoms. The third kappa shape index (κ3) is 3.03. The van der Waals surface area contributed by atoms with Crippen LogP contribution in [0.25, 0.3) is 11.4 Å². The van der Waals surface area contributed by atoms with Crippen LogP contribution in [0.3, 0.4) is 0 Å². The molecule has 0 aromatic carbocycles. The van der Waals surface area contributed by atoms with E-state index in [0.717, 1.165) is 5.56 Å². The van der Waals surface area contributed by atoms with Gasteiger partial charge in [0.05, 0.1) is 18.0 Å². The lowest BCUT2D eigenvalue weighted by atomic mass is 10.3. The van der Waals surface area contributed by atoms with Crippen molar-refractivity contribution in [3.8, 4) is 17.1 Å². The maximum Gasteiger partial charge on any atom is 0.267 e. The highest BCUT2D eigenvalue weighted by atomic mass is 35.5. The Bertz CT molecular complexity index is 737. The molecule has 0 aliphatic carbocycles. The highest BCUT2D eigenvalue weighted by molar-refractivity contribution is 6.29. The number of aromatic nitrogens is 5. The first-order valence-corrected chi connectivity index (χ1v) is 6.60. The number of hydrogen-bond donors (Lipinski definition) is 0. The van der Waals surface area contributed by atoms with Gasteiger partial charge in [0.15, 0.2) is 6.10 Å². The van der Waals surface area contributed by atoms with Crippen molar-refractivity contribution in [1.82, 2.24) is 24.9 Å². The van der Waals surface area contributed by atoms with E-state index in [9.17, 15) is 0 Å². The van der Waals surface area contributed by atoms with E-state index in [0.29, 0.717) is 22.6 Å². The summed E-state index contributed by atoms with van der Waals surface area (Å²) < 4.78 is 12.6. The highest BCUT2D eigenvalue weighted by Gasteiger charge is 2.17. The SMILES string of the molecule is C[C@H](Oc1ccc(Cl)nc1)c1nc(-c2cnn(C)c2)no1. The number of halogens is 1. The highest BCUT2D eigenvalue weighted by Crippen LogP contribution is 2.23. The van der Waals surface area contributed by atoms with Gasteiger partial charge in [0, 0.05) is 13.2 Å². The molecule has 0 fully saturated rings. The van der Waals surface area contributed by atoms with Crippen molar-refractivity contribution in [2.24, 2.45) is 7.05 Å². The molecule has 3 heterocycles. The Kier molecular flexibility index (Phi) is 3.57. The molecule has 3 aromatic heterocycles. The number of rotatable bonds is 4. The van der Waals surface area contributed by atoms with Crippen molar-refractivity contribution in [1.29, 1.82) is 0 Å². The van der Waals surface area contributed by atoms with Crippen LogP contribution in [-0.2, 0) is 7.05 Å². The molecule has 0 spiro atoms. The van der Waals surface area contributed by atoms with E-state index in [1.165, 1.54) is 6.20 Å². The summed E-state index contributed by atoms with van der Waals surface area (Å²) in [5.74, 6) is 1.43. The van der Waals surface area contributed by atoms with E-state index in [-0.39, 0.29) is 0 Å². The monoisotopic (exact) mass is 305 g/mol. The zero-order chi connectivity index (χ0) is 14.8. The molecule has 0 saturated heterocycles. The van der Waals surface area contributed by atoms with Crippen LogP contribution in [0, 0.1) is 0 Å². The summed E-state index contributed by atoms with van der Waals surface area (Å²) in [5.41, 5.74) is 0.785. The number of hydrogen-bond acceptors (Lipinski definition) is 6. The van der Waals surface area contributed by atoms with E-state index in [1.807, 2.05) is 20.2 Å². The Morgan fingerprint density at radius 1 is 1.33 bits per heavy atom. The Labute approximate surface area is 125 Å². The van der Waals surface area contributed by atoms with Gasteiger partial charge < -0.3 is 9.26 Å². The maximum absolute atomic E-state index is 5.72. The summed E-state index contributed by atoms with van der Waals surface area (Å²) in [7, 11) is 1.82. The predicted octanol–water partition coefficient (Wildman–Crippen LogP) is 2.66. The third-order valence-electron chi connectivity index (χ3n) is 2.77. The van der Waals surface area contributed by atoms with Crippen molar-refractivity contribution in [3.05, 3.63) is 41.8 Å². The van der Waals surface area contributed by atoms with Gasteiger partial charge in [-0.15, -0.1) is 0 Å². The zero-order valence-electron chi connectivity index (χ0n) is 11.4. The van der Waals surface area contributed by atoms with Crippen LogP contribution in [0.1, 0.15) is 18.9 Å². The molecule has 0 radical (unpaired) electrons. The molecule has 1 atom stereocenters. The van der Waals surface area contributed by atoms with E-state index in [2.05, 4.69) is 20.2 Å². The molecule has 3 aromatic rings. The van der Waals surface area contributed by atoms with Gasteiger partial charge in [-0.25, -0.2) is 4.98 Å². The zero-order valence-corrected chi connectivity index (χ0v) is 12.2. The number of ether oxygens (including phenoxy) is 1. The van der Waals surface area contributed by atoms with Crippen molar-refractivity contribution in [2.75, 3.05) is 0 Å². The fourth-order valence-corrected chi connectivity index (χ4v) is 1.85. The summed E-state index contributed by atoms with van der Waals surface area (Å²) in [6.45, 7) is 1.81. The number of aryl methyl sites for hydroxylation is 1. The Balaban J connectivity index is 1.74. The molecule has 0 amide bonds. The molecule has 0 unspecified atom stereocenters. The van der Waals surface area contributed by atoms with E-state index in [4.69, 9.17) is 20.9 Å². The minimum absolute atomic E-state index is 0.379. The number of nitrogens with zero attached hydrogens (tertiary/aromatic N) is 5. The normalized spacial score (nSPS) is 12.3. The lowest BCUT2D eigenvalue weighted by Crippen LogP contribution is -2.03. The van der Waals surface area contributed by atoms with Crippen LogP contribution >= 0.6 is 11.6 Å². The molecule has 21 heavy (non-hydrogen) atoms. The molecular formula is C13H12ClN5O2. The summed E-state index contributed by atoms with van der Waals surface area (Å²) in [6.07, 6.45) is 4.62. The largest absolute Gasteiger partial charge is 0.479 e. The minimum atomic E-state index is -0.397. The van der Waals surface area contributed by atoms with Gasteiger partial charge in [0.25, 0.3) is 5.89 Å². The average Bonchev–Trinajstić information content (AvgIpc) is 3.10. The molecule has 0 N–H and O–H groups in total. The van der Waals surface area contributed by atoms with Gasteiger partial charge >= 0.3 is 0 Å². The van der Waals surface area contributed by atoms with Gasteiger partial charge in [0.1, 0.15) is 10.9 Å². The number of pyridine rings is 1. The average molecular weight is 306 g/mol. The molecule has 0 saturated carbocycles. The molecule has 0 aliphatic rings. The minimum Gasteiger partial charge on any atom is -0.479 e. The van der Waals surface area contributed by atoms with E-state index >= 15 is 0 Å². The van der Waals surface area contributed by atoms with Crippen LogP contribution in [0.15, 0.2) is 35.2 Å². The summed E-state index contributed by atoms with van der Waals surface area (Å²) >= 11 is 5.72. The fraction of sp³-hybridized carbons (Fsp3) is 0.231. The first-order valence-electron chi connectivity index (χ1n) is 6.22. The Morgan fingerprint density at radius 3 is 2.86 bits per heavy atom. The van der Waals surface area contributed by atoms with Crippen LogP contribution in [-0.4, -0.2) is 24.9 Å². The predicted molar refractivity (Wildman–Crippen MR) is 74.8 cm³/mol. The smallest absolute Gasteiger partial charge is 0.267 e. The summed E-state index contributed by atoms with van der Waals surface area (Å²) in [4.78, 5) is 8.25.